The van der Waals surface area contributed by atoms with E-state index in [0.717, 1.165) is 43.7 Å². The van der Waals surface area contributed by atoms with Crippen molar-refractivity contribution in [1.29, 1.82) is 0 Å². The van der Waals surface area contributed by atoms with Crippen LogP contribution in [-0.4, -0.2) is 31.0 Å². The molecule has 0 saturated heterocycles. The summed E-state index contributed by atoms with van der Waals surface area (Å²) in [6.07, 6.45) is 2.71. The zero-order valence-electron chi connectivity index (χ0n) is 16.9. The maximum atomic E-state index is 13.8. The van der Waals surface area contributed by atoms with E-state index >= 15 is 0 Å². The van der Waals surface area contributed by atoms with Crippen LogP contribution in [0.5, 0.6) is 0 Å². The Kier molecular flexibility index (Phi) is 5.00. The molecule has 0 aliphatic carbocycles. The standard InChI is InChI=1S/C22H22N4O2S2/c1-4-10-29-22-24-23-21-25(14-8-6-5-7-9-14)19(27)18-15-11-16(13(2)3)28-12-17(15)30-20(18)26(21)22/h4-9,13,16H,1,10-12H2,2-3H3. The molecule has 1 aromatic carbocycles. The Labute approximate surface area is 182 Å². The highest BCUT2D eigenvalue weighted by Gasteiger charge is 2.30. The molecule has 1 atom stereocenters. The van der Waals surface area contributed by atoms with Gasteiger partial charge in [0.15, 0.2) is 5.16 Å². The summed E-state index contributed by atoms with van der Waals surface area (Å²) in [5.41, 5.74) is 1.86. The molecule has 0 saturated carbocycles. The van der Waals surface area contributed by atoms with E-state index in [1.807, 2.05) is 40.8 Å². The molecule has 0 bridgehead atoms. The maximum absolute atomic E-state index is 13.8. The number of rotatable bonds is 5. The number of thioether (sulfide) groups is 1. The van der Waals surface area contributed by atoms with E-state index in [-0.39, 0.29) is 11.7 Å². The lowest BCUT2D eigenvalue weighted by molar-refractivity contribution is 0.00200. The van der Waals surface area contributed by atoms with E-state index < -0.39 is 0 Å². The van der Waals surface area contributed by atoms with Crippen molar-refractivity contribution in [1.82, 2.24) is 19.2 Å². The number of nitrogens with zero attached hydrogens (tertiary/aromatic N) is 4. The Bertz CT molecular complexity index is 1300. The van der Waals surface area contributed by atoms with Gasteiger partial charge in [0.2, 0.25) is 5.78 Å². The summed E-state index contributed by atoms with van der Waals surface area (Å²) in [6, 6.07) is 9.65. The van der Waals surface area contributed by atoms with Crippen molar-refractivity contribution in [3.63, 3.8) is 0 Å². The number of benzene rings is 1. The summed E-state index contributed by atoms with van der Waals surface area (Å²) < 4.78 is 9.78. The molecule has 30 heavy (non-hydrogen) atoms. The lowest BCUT2D eigenvalue weighted by atomic mass is 9.96. The van der Waals surface area contributed by atoms with Crippen LogP contribution in [0.15, 0.2) is 52.9 Å². The van der Waals surface area contributed by atoms with Gasteiger partial charge >= 0.3 is 0 Å². The van der Waals surface area contributed by atoms with Gasteiger partial charge in [-0.2, -0.15) is 0 Å². The Morgan fingerprint density at radius 3 is 2.87 bits per heavy atom. The quantitative estimate of drug-likeness (QED) is 0.340. The third-order valence-electron chi connectivity index (χ3n) is 5.43. The van der Waals surface area contributed by atoms with Crippen LogP contribution in [0.3, 0.4) is 0 Å². The van der Waals surface area contributed by atoms with Crippen LogP contribution in [0.4, 0.5) is 0 Å². The Morgan fingerprint density at radius 2 is 2.13 bits per heavy atom. The van der Waals surface area contributed by atoms with E-state index in [0.29, 0.717) is 18.3 Å². The summed E-state index contributed by atoms with van der Waals surface area (Å²) in [5, 5.41) is 10.3. The van der Waals surface area contributed by atoms with Crippen molar-refractivity contribution in [2.45, 2.75) is 38.1 Å². The van der Waals surface area contributed by atoms with Crippen molar-refractivity contribution in [3.8, 4) is 5.69 Å². The minimum absolute atomic E-state index is 0.0433. The molecule has 1 aliphatic rings. The molecule has 1 unspecified atom stereocenters. The lowest BCUT2D eigenvalue weighted by Crippen LogP contribution is -2.28. The van der Waals surface area contributed by atoms with Crippen molar-refractivity contribution in [3.05, 3.63) is 63.8 Å². The van der Waals surface area contributed by atoms with Gasteiger partial charge in [-0.3, -0.25) is 4.79 Å². The van der Waals surface area contributed by atoms with Gasteiger partial charge < -0.3 is 4.74 Å². The first-order chi connectivity index (χ1) is 14.6. The smallest absolute Gasteiger partial charge is 0.268 e. The number of thiophene rings is 1. The zero-order chi connectivity index (χ0) is 20.8. The second-order valence-electron chi connectivity index (χ2n) is 7.68. The van der Waals surface area contributed by atoms with Crippen LogP contribution in [0.2, 0.25) is 0 Å². The molecular formula is C22H22N4O2S2. The number of aromatic nitrogens is 4. The molecular weight excluding hydrogens is 416 g/mol. The number of ether oxygens (including phenoxy) is 1. The van der Waals surface area contributed by atoms with E-state index in [4.69, 9.17) is 4.74 Å². The predicted molar refractivity (Wildman–Crippen MR) is 122 cm³/mol. The van der Waals surface area contributed by atoms with Gasteiger partial charge in [-0.05, 0) is 23.6 Å². The first kappa shape index (κ1) is 19.5. The van der Waals surface area contributed by atoms with Crippen LogP contribution in [-0.2, 0) is 17.8 Å². The molecule has 0 spiro atoms. The minimum Gasteiger partial charge on any atom is -0.372 e. The molecule has 8 heteroatoms. The van der Waals surface area contributed by atoms with E-state index in [1.165, 1.54) is 0 Å². The second-order valence-corrected chi connectivity index (χ2v) is 9.75. The highest BCUT2D eigenvalue weighted by Crippen LogP contribution is 2.37. The second kappa shape index (κ2) is 7.68. The molecule has 4 heterocycles. The number of hydrogen-bond acceptors (Lipinski definition) is 6. The van der Waals surface area contributed by atoms with Crippen LogP contribution in [0.25, 0.3) is 21.7 Å². The molecule has 4 aromatic rings. The van der Waals surface area contributed by atoms with Crippen LogP contribution < -0.4 is 5.56 Å². The Morgan fingerprint density at radius 1 is 1.33 bits per heavy atom. The Balaban J connectivity index is 1.86. The number of para-hydroxylation sites is 1. The summed E-state index contributed by atoms with van der Waals surface area (Å²) >= 11 is 3.18. The van der Waals surface area contributed by atoms with Gasteiger partial charge in [-0.1, -0.05) is 49.9 Å². The highest BCUT2D eigenvalue weighted by molar-refractivity contribution is 7.99. The third-order valence-corrected chi connectivity index (χ3v) is 7.55. The van der Waals surface area contributed by atoms with Crippen LogP contribution >= 0.6 is 23.1 Å². The van der Waals surface area contributed by atoms with Gasteiger partial charge in [-0.25, -0.2) is 8.97 Å². The SMILES string of the molecule is C=CCSc1nnc2n(-c3ccccc3)c(=O)c3c4c(sc3n12)COC(C(C)C)C4. The third kappa shape index (κ3) is 3.02. The summed E-state index contributed by atoms with van der Waals surface area (Å²) in [5.74, 6) is 1.64. The van der Waals surface area contributed by atoms with Gasteiger partial charge in [0.1, 0.15) is 4.83 Å². The van der Waals surface area contributed by atoms with Crippen molar-refractivity contribution < 1.29 is 4.74 Å². The molecule has 0 N–H and O–H groups in total. The average molecular weight is 439 g/mol. The number of hydrogen-bond donors (Lipinski definition) is 0. The van der Waals surface area contributed by atoms with Gasteiger partial charge in [-0.15, -0.1) is 28.1 Å². The maximum Gasteiger partial charge on any atom is 0.268 e. The van der Waals surface area contributed by atoms with E-state index in [2.05, 4.69) is 30.6 Å². The summed E-state index contributed by atoms with van der Waals surface area (Å²) in [4.78, 5) is 15.8. The fourth-order valence-corrected chi connectivity index (χ4v) is 5.87. The van der Waals surface area contributed by atoms with E-state index in [1.54, 1.807) is 27.7 Å². The molecule has 0 radical (unpaired) electrons. The first-order valence-corrected chi connectivity index (χ1v) is 11.8. The molecule has 6 nitrogen and oxygen atoms in total. The zero-order valence-corrected chi connectivity index (χ0v) is 18.5. The van der Waals surface area contributed by atoms with E-state index in [9.17, 15) is 4.79 Å². The monoisotopic (exact) mass is 438 g/mol. The molecule has 5 rings (SSSR count). The van der Waals surface area contributed by atoms with Gasteiger partial charge in [0.25, 0.3) is 5.56 Å². The Hall–Kier alpha value is -2.42. The largest absolute Gasteiger partial charge is 0.372 e. The minimum atomic E-state index is -0.0433. The fraction of sp³-hybridized carbons (Fsp3) is 0.318. The fourth-order valence-electron chi connectivity index (χ4n) is 3.90. The lowest BCUT2D eigenvalue weighted by Gasteiger charge is -2.26. The van der Waals surface area contributed by atoms with Gasteiger partial charge in [0, 0.05) is 17.1 Å². The van der Waals surface area contributed by atoms with Crippen molar-refractivity contribution >= 4 is 39.1 Å². The van der Waals surface area contributed by atoms with Crippen LogP contribution in [0.1, 0.15) is 24.3 Å². The normalized spacial score (nSPS) is 16.4. The summed E-state index contributed by atoms with van der Waals surface area (Å²) in [6.45, 7) is 8.68. The highest BCUT2D eigenvalue weighted by atomic mass is 32.2. The predicted octanol–water partition coefficient (Wildman–Crippen LogP) is 4.47. The average Bonchev–Trinajstić information content (AvgIpc) is 3.34. The molecule has 0 fully saturated rings. The first-order valence-electron chi connectivity index (χ1n) is 9.95. The van der Waals surface area contributed by atoms with Crippen molar-refractivity contribution in [2.24, 2.45) is 5.92 Å². The van der Waals surface area contributed by atoms with Gasteiger partial charge in [0.05, 0.1) is 23.8 Å². The molecule has 154 valence electrons. The molecule has 0 amide bonds. The molecule has 1 aliphatic heterocycles. The van der Waals surface area contributed by atoms with Crippen molar-refractivity contribution in [2.75, 3.05) is 5.75 Å². The van der Waals surface area contributed by atoms with Crippen LogP contribution in [0, 0.1) is 5.92 Å². The topological polar surface area (TPSA) is 61.4 Å². The molecule has 3 aromatic heterocycles. The number of fused-ring (bicyclic) bond motifs is 5. The summed E-state index contributed by atoms with van der Waals surface area (Å²) in [7, 11) is 0.